The van der Waals surface area contributed by atoms with Crippen LogP contribution in [0.25, 0.3) is 0 Å². The number of anilines is 1. The van der Waals surface area contributed by atoms with E-state index in [2.05, 4.69) is 5.32 Å². The molecule has 9 heteroatoms. The molecule has 0 atom stereocenters. The van der Waals surface area contributed by atoms with E-state index in [1.807, 2.05) is 0 Å². The van der Waals surface area contributed by atoms with Crippen molar-refractivity contribution >= 4 is 56.4 Å². The topological polar surface area (TPSA) is 66.5 Å². The summed E-state index contributed by atoms with van der Waals surface area (Å²) in [7, 11) is -2.67. The largest absolute Gasteiger partial charge is 0.325 e. The Morgan fingerprint density at radius 1 is 1.08 bits per heavy atom. The molecule has 1 N–H and O–H groups in total. The molecule has 1 amide bonds. The number of amides is 1. The first-order valence-corrected chi connectivity index (χ1v) is 9.66. The lowest BCUT2D eigenvalue weighted by molar-refractivity contribution is -0.116. The van der Waals surface area contributed by atoms with Gasteiger partial charge in [0.1, 0.15) is 4.90 Å². The number of benzene rings is 2. The van der Waals surface area contributed by atoms with E-state index < -0.39 is 15.9 Å². The van der Waals surface area contributed by atoms with Crippen LogP contribution >= 0.6 is 34.8 Å². The minimum absolute atomic E-state index is 0.0326. The maximum Gasteiger partial charge on any atom is 0.244 e. The minimum Gasteiger partial charge on any atom is -0.325 e. The van der Waals surface area contributed by atoms with Crippen molar-refractivity contribution in [1.29, 1.82) is 0 Å². The molecule has 2 aromatic rings. The van der Waals surface area contributed by atoms with E-state index in [1.54, 1.807) is 25.1 Å². The Hall–Kier alpha value is -1.31. The Morgan fingerprint density at radius 3 is 2.32 bits per heavy atom. The van der Waals surface area contributed by atoms with Crippen molar-refractivity contribution in [3.63, 3.8) is 0 Å². The number of rotatable bonds is 5. The zero-order chi connectivity index (χ0) is 18.8. The number of hydrogen-bond acceptors (Lipinski definition) is 3. The molecule has 0 unspecified atom stereocenters. The molecule has 0 radical (unpaired) electrons. The van der Waals surface area contributed by atoms with Crippen LogP contribution in [0.2, 0.25) is 15.1 Å². The van der Waals surface area contributed by atoms with E-state index in [0.717, 1.165) is 9.87 Å². The van der Waals surface area contributed by atoms with E-state index in [-0.39, 0.29) is 21.5 Å². The predicted octanol–water partition coefficient (Wildman–Crippen LogP) is 4.21. The molecule has 2 aromatic carbocycles. The first-order valence-electron chi connectivity index (χ1n) is 7.08. The van der Waals surface area contributed by atoms with E-state index >= 15 is 0 Å². The second kappa shape index (κ2) is 7.93. The average molecular weight is 422 g/mol. The summed E-state index contributed by atoms with van der Waals surface area (Å²) in [6.45, 7) is 1.40. The second-order valence-corrected chi connectivity index (χ2v) is 8.64. The first-order chi connectivity index (χ1) is 11.6. The molecule has 0 aliphatic rings. The minimum atomic E-state index is -3.96. The molecule has 0 aliphatic heterocycles. The Labute approximate surface area is 161 Å². The third-order valence-electron chi connectivity index (χ3n) is 3.41. The van der Waals surface area contributed by atoms with Crippen molar-refractivity contribution < 1.29 is 13.2 Å². The summed E-state index contributed by atoms with van der Waals surface area (Å²) in [5, 5.41) is 3.47. The van der Waals surface area contributed by atoms with Crippen molar-refractivity contribution in [2.24, 2.45) is 0 Å². The highest BCUT2D eigenvalue weighted by Gasteiger charge is 2.25. The fourth-order valence-corrected chi connectivity index (χ4v) is 4.17. The molecule has 0 aliphatic carbocycles. The quantitative estimate of drug-likeness (QED) is 0.786. The molecule has 2 rings (SSSR count). The fraction of sp³-hybridized carbons (Fsp3) is 0.188. The Morgan fingerprint density at radius 2 is 1.68 bits per heavy atom. The summed E-state index contributed by atoms with van der Waals surface area (Å²) >= 11 is 17.7. The molecule has 0 aromatic heterocycles. The summed E-state index contributed by atoms with van der Waals surface area (Å²) in [6, 6.07) is 9.11. The molecule has 0 bridgehead atoms. The zero-order valence-electron chi connectivity index (χ0n) is 13.4. The van der Waals surface area contributed by atoms with Crippen LogP contribution < -0.4 is 5.32 Å². The van der Waals surface area contributed by atoms with Crippen LogP contribution in [0.5, 0.6) is 0 Å². The molecule has 134 valence electrons. The number of likely N-dealkylation sites (N-methyl/N-ethyl adjacent to an activating group) is 1. The van der Waals surface area contributed by atoms with E-state index in [1.165, 1.54) is 25.2 Å². The van der Waals surface area contributed by atoms with E-state index in [4.69, 9.17) is 34.8 Å². The highest BCUT2D eigenvalue weighted by molar-refractivity contribution is 7.89. The van der Waals surface area contributed by atoms with Gasteiger partial charge in [-0.15, -0.1) is 0 Å². The van der Waals surface area contributed by atoms with Crippen molar-refractivity contribution in [3.8, 4) is 0 Å². The lowest BCUT2D eigenvalue weighted by Crippen LogP contribution is -2.35. The lowest BCUT2D eigenvalue weighted by Gasteiger charge is -2.18. The number of nitrogens with one attached hydrogen (secondary N) is 1. The van der Waals surface area contributed by atoms with Crippen LogP contribution in [0.1, 0.15) is 5.56 Å². The summed E-state index contributed by atoms with van der Waals surface area (Å²) in [4.78, 5) is 12.0. The van der Waals surface area contributed by atoms with Gasteiger partial charge in [0, 0.05) is 22.8 Å². The Kier molecular flexibility index (Phi) is 6.35. The first kappa shape index (κ1) is 20.0. The van der Waals surface area contributed by atoms with E-state index in [0.29, 0.717) is 10.7 Å². The van der Waals surface area contributed by atoms with Crippen LogP contribution in [-0.4, -0.2) is 32.2 Å². The van der Waals surface area contributed by atoms with Crippen molar-refractivity contribution in [2.75, 3.05) is 18.9 Å². The van der Waals surface area contributed by atoms with Crippen molar-refractivity contribution in [1.82, 2.24) is 4.31 Å². The van der Waals surface area contributed by atoms with Gasteiger partial charge in [-0.3, -0.25) is 4.79 Å². The van der Waals surface area contributed by atoms with E-state index in [9.17, 15) is 13.2 Å². The Balaban J connectivity index is 2.16. The number of carbonyl (C=O) groups excluding carboxylic acids is 1. The number of halogens is 3. The summed E-state index contributed by atoms with van der Waals surface area (Å²) in [5.41, 5.74) is 1.32. The van der Waals surface area contributed by atoms with Crippen LogP contribution in [0.3, 0.4) is 0 Å². The third kappa shape index (κ3) is 4.86. The maximum absolute atomic E-state index is 12.6. The van der Waals surface area contributed by atoms with Crippen molar-refractivity contribution in [3.05, 3.63) is 57.0 Å². The molecule has 5 nitrogen and oxygen atoms in total. The van der Waals surface area contributed by atoms with Crippen LogP contribution in [0.4, 0.5) is 5.69 Å². The number of hydrogen-bond donors (Lipinski definition) is 1. The number of sulfonamides is 1. The van der Waals surface area contributed by atoms with Crippen LogP contribution in [0, 0.1) is 6.92 Å². The van der Waals surface area contributed by atoms with Gasteiger partial charge in [0.05, 0.1) is 11.6 Å². The monoisotopic (exact) mass is 420 g/mol. The average Bonchev–Trinajstić information content (AvgIpc) is 2.52. The zero-order valence-corrected chi connectivity index (χ0v) is 16.5. The molecule has 25 heavy (non-hydrogen) atoms. The molecular formula is C16H15Cl3N2O3S. The molecular weight excluding hydrogens is 407 g/mol. The van der Waals surface area contributed by atoms with Gasteiger partial charge in [0.15, 0.2) is 0 Å². The molecule has 0 heterocycles. The standard InChI is InChI=1S/C16H15Cl3N2O3S/c1-10-7-11(17)4-6-14(10)20-16(22)9-21(2)25(23,24)15-8-12(18)3-5-13(15)19/h3-8H,9H2,1-2H3,(H,20,22). The van der Waals surface area contributed by atoms with Crippen LogP contribution in [-0.2, 0) is 14.8 Å². The second-order valence-electron chi connectivity index (χ2n) is 5.34. The third-order valence-corrected chi connectivity index (χ3v) is 6.17. The predicted molar refractivity (Wildman–Crippen MR) is 101 cm³/mol. The molecule has 0 saturated heterocycles. The maximum atomic E-state index is 12.6. The van der Waals surface area contributed by atoms with Gasteiger partial charge in [-0.25, -0.2) is 8.42 Å². The Bertz CT molecular complexity index is 917. The smallest absolute Gasteiger partial charge is 0.244 e. The molecule has 0 saturated carbocycles. The fourth-order valence-electron chi connectivity index (χ4n) is 2.09. The number of nitrogens with zero attached hydrogens (tertiary/aromatic N) is 1. The number of carbonyl (C=O) groups is 1. The van der Waals surface area contributed by atoms with Gasteiger partial charge in [-0.1, -0.05) is 34.8 Å². The highest BCUT2D eigenvalue weighted by atomic mass is 35.5. The summed E-state index contributed by atoms with van der Waals surface area (Å²) < 4.78 is 26.1. The summed E-state index contributed by atoms with van der Waals surface area (Å²) in [6.07, 6.45) is 0. The summed E-state index contributed by atoms with van der Waals surface area (Å²) in [5.74, 6) is -0.491. The van der Waals surface area contributed by atoms with Gasteiger partial charge >= 0.3 is 0 Å². The number of aryl methyl sites for hydroxylation is 1. The van der Waals surface area contributed by atoms with Gasteiger partial charge in [-0.05, 0) is 48.9 Å². The normalized spacial score (nSPS) is 11.6. The van der Waals surface area contributed by atoms with Crippen LogP contribution in [0.15, 0.2) is 41.3 Å². The van der Waals surface area contributed by atoms with Gasteiger partial charge < -0.3 is 5.32 Å². The lowest BCUT2D eigenvalue weighted by atomic mass is 10.2. The van der Waals surface area contributed by atoms with Crippen molar-refractivity contribution in [2.45, 2.75) is 11.8 Å². The van der Waals surface area contributed by atoms with Gasteiger partial charge in [-0.2, -0.15) is 4.31 Å². The molecule has 0 fully saturated rings. The highest BCUT2D eigenvalue weighted by Crippen LogP contribution is 2.27. The van der Waals surface area contributed by atoms with Gasteiger partial charge in [0.25, 0.3) is 0 Å². The SMILES string of the molecule is Cc1cc(Cl)ccc1NC(=O)CN(C)S(=O)(=O)c1cc(Cl)ccc1Cl. The van der Waals surface area contributed by atoms with Gasteiger partial charge in [0.2, 0.25) is 15.9 Å². The molecule has 0 spiro atoms.